The Labute approximate surface area is 124 Å². The Bertz CT molecular complexity index is 578. The summed E-state index contributed by atoms with van der Waals surface area (Å²) in [7, 11) is 0. The number of alkyl halides is 1. The highest BCUT2D eigenvalue weighted by Gasteiger charge is 2.14. The molecule has 0 heterocycles. The van der Waals surface area contributed by atoms with Crippen molar-refractivity contribution in [3.8, 4) is 0 Å². The molecule has 100 valence electrons. The van der Waals surface area contributed by atoms with E-state index in [0.717, 1.165) is 17.2 Å². The van der Waals surface area contributed by atoms with Crippen LogP contribution in [0.3, 0.4) is 0 Å². The van der Waals surface area contributed by atoms with Crippen LogP contribution in [0.4, 0.5) is 8.78 Å². The summed E-state index contributed by atoms with van der Waals surface area (Å²) in [4.78, 5) is -0.110. The molecule has 0 bridgehead atoms. The van der Waals surface area contributed by atoms with Crippen LogP contribution >= 0.6 is 27.5 Å². The molecule has 2 aromatic carbocycles. The third-order valence-electron chi connectivity index (χ3n) is 2.86. The molecule has 0 spiro atoms. The van der Waals surface area contributed by atoms with E-state index < -0.39 is 11.6 Å². The SMILES string of the molecule is Cc1cc(Cl)cc(C(Br)Cc2cccc(F)c2F)c1. The number of halogens is 4. The number of rotatable bonds is 3. The summed E-state index contributed by atoms with van der Waals surface area (Å²) in [5.74, 6) is -1.61. The largest absolute Gasteiger partial charge is 0.204 e. The Morgan fingerprint density at radius 1 is 1.21 bits per heavy atom. The zero-order chi connectivity index (χ0) is 14.0. The van der Waals surface area contributed by atoms with Gasteiger partial charge in [-0.3, -0.25) is 0 Å². The molecule has 1 unspecified atom stereocenters. The minimum absolute atomic E-state index is 0.110. The minimum Gasteiger partial charge on any atom is -0.204 e. The molecule has 0 nitrogen and oxygen atoms in total. The maximum absolute atomic E-state index is 13.6. The lowest BCUT2D eigenvalue weighted by molar-refractivity contribution is 0.498. The van der Waals surface area contributed by atoms with Crippen LogP contribution in [0.25, 0.3) is 0 Å². The van der Waals surface area contributed by atoms with Gasteiger partial charge in [-0.15, -0.1) is 0 Å². The highest BCUT2D eigenvalue weighted by Crippen LogP contribution is 2.30. The van der Waals surface area contributed by atoms with Crippen LogP contribution in [0.5, 0.6) is 0 Å². The summed E-state index contributed by atoms with van der Waals surface area (Å²) in [5.41, 5.74) is 2.33. The van der Waals surface area contributed by atoms with Gasteiger partial charge in [0.05, 0.1) is 0 Å². The Morgan fingerprint density at radius 2 is 1.95 bits per heavy atom. The average molecular weight is 346 g/mol. The zero-order valence-electron chi connectivity index (χ0n) is 10.3. The van der Waals surface area contributed by atoms with E-state index in [1.54, 1.807) is 6.07 Å². The molecule has 0 radical (unpaired) electrons. The maximum Gasteiger partial charge on any atom is 0.162 e. The van der Waals surface area contributed by atoms with Crippen molar-refractivity contribution >= 4 is 27.5 Å². The number of benzene rings is 2. The molecule has 1 atom stereocenters. The van der Waals surface area contributed by atoms with Gasteiger partial charge in [0.25, 0.3) is 0 Å². The van der Waals surface area contributed by atoms with Crippen molar-refractivity contribution in [2.45, 2.75) is 18.2 Å². The Morgan fingerprint density at radius 3 is 2.63 bits per heavy atom. The second-order valence-electron chi connectivity index (χ2n) is 4.45. The molecule has 2 aromatic rings. The third-order valence-corrected chi connectivity index (χ3v) is 3.93. The van der Waals surface area contributed by atoms with Crippen molar-refractivity contribution in [2.24, 2.45) is 0 Å². The van der Waals surface area contributed by atoms with E-state index in [4.69, 9.17) is 11.6 Å². The van der Waals surface area contributed by atoms with Crippen molar-refractivity contribution in [2.75, 3.05) is 0 Å². The van der Waals surface area contributed by atoms with E-state index in [1.165, 1.54) is 6.07 Å². The van der Waals surface area contributed by atoms with Crippen LogP contribution in [0.2, 0.25) is 5.02 Å². The fraction of sp³-hybridized carbons (Fsp3) is 0.200. The molecule has 19 heavy (non-hydrogen) atoms. The van der Waals surface area contributed by atoms with E-state index in [1.807, 2.05) is 25.1 Å². The number of hydrogen-bond acceptors (Lipinski definition) is 0. The fourth-order valence-electron chi connectivity index (χ4n) is 1.96. The second-order valence-corrected chi connectivity index (χ2v) is 5.99. The summed E-state index contributed by atoms with van der Waals surface area (Å²) < 4.78 is 26.8. The molecule has 0 aliphatic rings. The molecular formula is C15H12BrClF2. The van der Waals surface area contributed by atoms with E-state index in [-0.39, 0.29) is 4.83 Å². The fourth-order valence-corrected chi connectivity index (χ4v) is 2.87. The Kier molecular flexibility index (Phi) is 4.58. The lowest BCUT2D eigenvalue weighted by Gasteiger charge is -2.12. The first-order valence-electron chi connectivity index (χ1n) is 5.81. The van der Waals surface area contributed by atoms with Crippen LogP contribution in [-0.4, -0.2) is 0 Å². The van der Waals surface area contributed by atoms with Gasteiger partial charge >= 0.3 is 0 Å². The van der Waals surface area contributed by atoms with E-state index in [9.17, 15) is 8.78 Å². The molecule has 0 amide bonds. The van der Waals surface area contributed by atoms with Gasteiger partial charge in [-0.05, 0) is 48.2 Å². The van der Waals surface area contributed by atoms with E-state index in [2.05, 4.69) is 15.9 Å². The molecule has 4 heteroatoms. The van der Waals surface area contributed by atoms with Gasteiger partial charge in [-0.25, -0.2) is 8.78 Å². The van der Waals surface area contributed by atoms with Gasteiger partial charge in [-0.1, -0.05) is 45.7 Å². The van der Waals surface area contributed by atoms with Crippen LogP contribution in [0.1, 0.15) is 21.5 Å². The molecule has 0 fully saturated rings. The monoisotopic (exact) mass is 344 g/mol. The van der Waals surface area contributed by atoms with Crippen LogP contribution in [0.15, 0.2) is 36.4 Å². The summed E-state index contributed by atoms with van der Waals surface area (Å²) in [6, 6.07) is 9.87. The molecule has 0 saturated heterocycles. The van der Waals surface area contributed by atoms with Crippen LogP contribution < -0.4 is 0 Å². The highest BCUT2D eigenvalue weighted by atomic mass is 79.9. The van der Waals surface area contributed by atoms with Crippen molar-refractivity contribution < 1.29 is 8.78 Å². The molecule has 0 N–H and O–H groups in total. The van der Waals surface area contributed by atoms with Gasteiger partial charge in [0, 0.05) is 9.85 Å². The van der Waals surface area contributed by atoms with Crippen LogP contribution in [0, 0.1) is 18.6 Å². The van der Waals surface area contributed by atoms with E-state index in [0.29, 0.717) is 17.0 Å². The lowest BCUT2D eigenvalue weighted by Crippen LogP contribution is -2.00. The Hall–Kier alpha value is -0.930. The van der Waals surface area contributed by atoms with Crippen molar-refractivity contribution in [3.63, 3.8) is 0 Å². The topological polar surface area (TPSA) is 0 Å². The summed E-state index contributed by atoms with van der Waals surface area (Å²) in [6.07, 6.45) is 0.364. The van der Waals surface area contributed by atoms with Gasteiger partial charge in [0.2, 0.25) is 0 Å². The Balaban J connectivity index is 2.25. The predicted molar refractivity (Wildman–Crippen MR) is 77.9 cm³/mol. The predicted octanol–water partition coefficient (Wildman–Crippen LogP) is 5.61. The first-order chi connectivity index (χ1) is 8.97. The van der Waals surface area contributed by atoms with Crippen molar-refractivity contribution in [1.82, 2.24) is 0 Å². The average Bonchev–Trinajstić information content (AvgIpc) is 2.33. The molecule has 0 aliphatic carbocycles. The van der Waals surface area contributed by atoms with E-state index >= 15 is 0 Å². The first kappa shape index (κ1) is 14.5. The van der Waals surface area contributed by atoms with Crippen LogP contribution in [-0.2, 0) is 6.42 Å². The molecular weight excluding hydrogens is 334 g/mol. The van der Waals surface area contributed by atoms with Crippen molar-refractivity contribution in [1.29, 1.82) is 0 Å². The summed E-state index contributed by atoms with van der Waals surface area (Å²) in [6.45, 7) is 1.94. The normalized spacial score (nSPS) is 12.5. The number of aryl methyl sites for hydroxylation is 1. The molecule has 0 aromatic heterocycles. The van der Waals surface area contributed by atoms with Gasteiger partial charge in [0.15, 0.2) is 11.6 Å². The molecule has 2 rings (SSSR count). The molecule has 0 saturated carbocycles. The molecule has 0 aliphatic heterocycles. The van der Waals surface area contributed by atoms with Gasteiger partial charge < -0.3 is 0 Å². The first-order valence-corrected chi connectivity index (χ1v) is 7.11. The third kappa shape index (κ3) is 3.54. The van der Waals surface area contributed by atoms with Gasteiger partial charge in [-0.2, -0.15) is 0 Å². The quantitative estimate of drug-likeness (QED) is 0.635. The number of hydrogen-bond donors (Lipinski definition) is 0. The second kappa shape index (κ2) is 6.02. The van der Waals surface area contributed by atoms with Gasteiger partial charge in [0.1, 0.15) is 0 Å². The maximum atomic E-state index is 13.6. The summed E-state index contributed by atoms with van der Waals surface area (Å²) in [5, 5.41) is 0.638. The lowest BCUT2D eigenvalue weighted by atomic mass is 10.0. The summed E-state index contributed by atoms with van der Waals surface area (Å²) >= 11 is 9.50. The smallest absolute Gasteiger partial charge is 0.162 e. The minimum atomic E-state index is -0.820. The van der Waals surface area contributed by atoms with Crippen molar-refractivity contribution in [3.05, 3.63) is 69.7 Å². The zero-order valence-corrected chi connectivity index (χ0v) is 12.6. The standard InChI is InChI=1S/C15H12BrClF2/c1-9-5-11(7-12(17)6-9)13(16)8-10-3-2-4-14(18)15(10)19/h2-7,13H,8H2,1H3. The highest BCUT2D eigenvalue weighted by molar-refractivity contribution is 9.09.